The molecule has 1 fully saturated rings. The normalized spacial score (nSPS) is 17.2. The fourth-order valence-corrected chi connectivity index (χ4v) is 3.65. The molecule has 2 rings (SSSR count). The number of hydrogen-bond acceptors (Lipinski definition) is 4. The first kappa shape index (κ1) is 26.5. The van der Waals surface area contributed by atoms with Crippen molar-refractivity contribution in [3.8, 4) is 5.75 Å². The molecular formula is C22H38IN5O2. The second-order valence-corrected chi connectivity index (χ2v) is 7.56. The minimum Gasteiger partial charge on any atom is -0.494 e. The number of guanidine groups is 1. The fraction of sp³-hybridized carbons (Fsp3) is 0.636. The number of primary amides is 1. The highest BCUT2D eigenvalue weighted by Crippen LogP contribution is 2.16. The highest BCUT2D eigenvalue weighted by atomic mass is 127. The van der Waals surface area contributed by atoms with Crippen LogP contribution < -0.4 is 15.8 Å². The summed E-state index contributed by atoms with van der Waals surface area (Å²) < 4.78 is 5.51. The lowest BCUT2D eigenvalue weighted by molar-refractivity contribution is -0.123. The minimum absolute atomic E-state index is 0. The maximum atomic E-state index is 11.4. The minimum atomic E-state index is -0.168. The van der Waals surface area contributed by atoms with E-state index in [4.69, 9.17) is 15.5 Å². The number of hydrogen-bond donors (Lipinski definition) is 2. The van der Waals surface area contributed by atoms with Crippen LogP contribution in [0.4, 0.5) is 0 Å². The molecule has 1 heterocycles. The van der Waals surface area contributed by atoms with Crippen molar-refractivity contribution in [2.24, 2.45) is 16.6 Å². The van der Waals surface area contributed by atoms with Crippen molar-refractivity contribution < 1.29 is 9.53 Å². The maximum absolute atomic E-state index is 11.4. The lowest BCUT2D eigenvalue weighted by Crippen LogP contribution is -2.41. The van der Waals surface area contributed by atoms with Crippen molar-refractivity contribution in [3.05, 3.63) is 29.8 Å². The number of carbonyl (C=O) groups is 1. The number of rotatable bonds is 10. The van der Waals surface area contributed by atoms with Gasteiger partial charge in [0.1, 0.15) is 5.75 Å². The van der Waals surface area contributed by atoms with Gasteiger partial charge in [0.25, 0.3) is 0 Å². The molecule has 1 aromatic rings. The molecule has 0 aromatic heterocycles. The summed E-state index contributed by atoms with van der Waals surface area (Å²) in [6.45, 7) is 9.91. The zero-order valence-corrected chi connectivity index (χ0v) is 20.9. The second-order valence-electron chi connectivity index (χ2n) is 7.56. The molecule has 30 heavy (non-hydrogen) atoms. The van der Waals surface area contributed by atoms with Crippen LogP contribution in [0.3, 0.4) is 0 Å². The Morgan fingerprint density at radius 2 is 2.07 bits per heavy atom. The summed E-state index contributed by atoms with van der Waals surface area (Å²) in [5.74, 6) is 1.65. The number of nitrogens with zero attached hydrogens (tertiary/aromatic N) is 3. The van der Waals surface area contributed by atoms with Gasteiger partial charge in [0.15, 0.2) is 5.96 Å². The number of carbonyl (C=O) groups excluding carboxylic acids is 1. The second kappa shape index (κ2) is 14.5. The van der Waals surface area contributed by atoms with Crippen LogP contribution in [0.25, 0.3) is 0 Å². The number of ether oxygens (including phenoxy) is 1. The zero-order valence-electron chi connectivity index (χ0n) is 18.6. The molecule has 0 aliphatic carbocycles. The number of nitrogens with two attached hydrogens (primary N) is 1. The predicted octanol–water partition coefficient (Wildman–Crippen LogP) is 2.69. The van der Waals surface area contributed by atoms with Crippen molar-refractivity contribution >= 4 is 35.8 Å². The summed E-state index contributed by atoms with van der Waals surface area (Å²) in [4.78, 5) is 20.7. The van der Waals surface area contributed by atoms with Crippen LogP contribution in [-0.4, -0.2) is 68.0 Å². The Hall–Kier alpha value is -1.55. The van der Waals surface area contributed by atoms with Crippen molar-refractivity contribution in [2.45, 2.75) is 39.7 Å². The van der Waals surface area contributed by atoms with Crippen LogP contribution in [0.5, 0.6) is 5.75 Å². The van der Waals surface area contributed by atoms with Gasteiger partial charge in [0.2, 0.25) is 5.91 Å². The van der Waals surface area contributed by atoms with Gasteiger partial charge in [0, 0.05) is 33.2 Å². The van der Waals surface area contributed by atoms with Gasteiger partial charge >= 0.3 is 0 Å². The molecule has 1 unspecified atom stereocenters. The molecule has 1 aliphatic heterocycles. The number of amides is 1. The van der Waals surface area contributed by atoms with Gasteiger partial charge < -0.3 is 25.6 Å². The fourth-order valence-electron chi connectivity index (χ4n) is 3.65. The van der Waals surface area contributed by atoms with E-state index in [1.165, 1.54) is 5.56 Å². The van der Waals surface area contributed by atoms with Crippen LogP contribution in [0.2, 0.25) is 0 Å². The van der Waals surface area contributed by atoms with Gasteiger partial charge in [-0.25, -0.2) is 0 Å². The first-order valence-corrected chi connectivity index (χ1v) is 10.8. The molecule has 1 amide bonds. The number of halogens is 1. The molecule has 0 spiro atoms. The zero-order chi connectivity index (χ0) is 21.1. The number of piperidine rings is 1. The summed E-state index contributed by atoms with van der Waals surface area (Å²) in [6, 6.07) is 8.20. The highest BCUT2D eigenvalue weighted by molar-refractivity contribution is 14.0. The molecule has 1 aromatic carbocycles. The molecular weight excluding hydrogens is 493 g/mol. The van der Waals surface area contributed by atoms with Crippen molar-refractivity contribution in [2.75, 3.05) is 46.4 Å². The average molecular weight is 531 g/mol. The lowest BCUT2D eigenvalue weighted by Gasteiger charge is -2.30. The number of likely N-dealkylation sites (tertiary alicyclic amines) is 1. The smallest absolute Gasteiger partial charge is 0.221 e. The Labute approximate surface area is 198 Å². The molecule has 0 radical (unpaired) electrons. The van der Waals surface area contributed by atoms with E-state index in [0.29, 0.717) is 6.61 Å². The van der Waals surface area contributed by atoms with Crippen molar-refractivity contribution in [3.63, 3.8) is 0 Å². The van der Waals surface area contributed by atoms with E-state index < -0.39 is 0 Å². The first-order valence-electron chi connectivity index (χ1n) is 10.8. The lowest BCUT2D eigenvalue weighted by atomic mass is 9.97. The number of benzene rings is 1. The molecule has 8 heteroatoms. The molecule has 0 saturated carbocycles. The van der Waals surface area contributed by atoms with Crippen molar-refractivity contribution in [1.29, 1.82) is 0 Å². The monoisotopic (exact) mass is 531 g/mol. The quantitative estimate of drug-likeness (QED) is 0.210. The van der Waals surface area contributed by atoms with Crippen LogP contribution in [0.1, 0.15) is 38.7 Å². The van der Waals surface area contributed by atoms with Gasteiger partial charge in [-0.2, -0.15) is 0 Å². The van der Waals surface area contributed by atoms with Crippen LogP contribution in [-0.2, 0) is 11.3 Å². The van der Waals surface area contributed by atoms with E-state index in [9.17, 15) is 4.79 Å². The maximum Gasteiger partial charge on any atom is 0.221 e. The highest BCUT2D eigenvalue weighted by Gasteiger charge is 2.23. The van der Waals surface area contributed by atoms with E-state index in [2.05, 4.69) is 41.2 Å². The Morgan fingerprint density at radius 1 is 1.33 bits per heavy atom. The molecule has 1 atom stereocenters. The van der Waals surface area contributed by atoms with E-state index in [1.54, 1.807) is 0 Å². The van der Waals surface area contributed by atoms with Gasteiger partial charge in [-0.1, -0.05) is 12.1 Å². The largest absolute Gasteiger partial charge is 0.494 e. The van der Waals surface area contributed by atoms with E-state index in [-0.39, 0.29) is 35.8 Å². The Kier molecular flexibility index (Phi) is 12.8. The first-order chi connectivity index (χ1) is 14.0. The van der Waals surface area contributed by atoms with E-state index in [1.807, 2.05) is 19.1 Å². The van der Waals surface area contributed by atoms with Crippen LogP contribution in [0.15, 0.2) is 29.3 Å². The molecule has 1 saturated heterocycles. The van der Waals surface area contributed by atoms with Crippen molar-refractivity contribution in [1.82, 2.24) is 15.1 Å². The summed E-state index contributed by atoms with van der Waals surface area (Å²) in [5.41, 5.74) is 6.68. The third-order valence-corrected chi connectivity index (χ3v) is 5.15. The number of nitrogens with one attached hydrogen (secondary N) is 1. The number of aliphatic imine (C=N–C) groups is 1. The van der Waals surface area contributed by atoms with Gasteiger partial charge in [-0.05, 0) is 63.9 Å². The molecule has 3 N–H and O–H groups in total. The Morgan fingerprint density at radius 3 is 2.70 bits per heavy atom. The molecule has 0 bridgehead atoms. The summed E-state index contributed by atoms with van der Waals surface area (Å²) in [7, 11) is 2.06. The van der Waals surface area contributed by atoms with Crippen LogP contribution in [0, 0.1) is 5.92 Å². The average Bonchev–Trinajstić information content (AvgIpc) is 2.72. The van der Waals surface area contributed by atoms with Gasteiger partial charge in [0.05, 0.1) is 12.5 Å². The Bertz CT molecular complexity index is 653. The Balaban J connectivity index is 0.00000450. The molecule has 7 nitrogen and oxygen atoms in total. The standard InChI is InChI=1S/C22H37N5O2.HI/c1-4-24-22(26(3)16-18-9-11-20(12-10-18)29-5-2)25-13-7-15-27-14-6-8-19(17-27)21(23)28;/h9-12,19H,4-8,13-17H2,1-3H3,(H2,23,28)(H,24,25);1H. The summed E-state index contributed by atoms with van der Waals surface area (Å²) >= 11 is 0. The third-order valence-electron chi connectivity index (χ3n) is 5.15. The molecule has 170 valence electrons. The third kappa shape index (κ3) is 9.07. The topological polar surface area (TPSA) is 83.2 Å². The van der Waals surface area contributed by atoms with E-state index >= 15 is 0 Å². The van der Waals surface area contributed by atoms with Crippen LogP contribution >= 0.6 is 24.0 Å². The van der Waals surface area contributed by atoms with Gasteiger partial charge in [-0.3, -0.25) is 9.79 Å². The van der Waals surface area contributed by atoms with E-state index in [0.717, 1.165) is 70.2 Å². The molecule has 1 aliphatic rings. The summed E-state index contributed by atoms with van der Waals surface area (Å²) in [6.07, 6.45) is 2.94. The predicted molar refractivity (Wildman–Crippen MR) is 133 cm³/mol. The SMILES string of the molecule is CCNC(=NCCCN1CCCC(C(N)=O)C1)N(C)Cc1ccc(OCC)cc1.I. The van der Waals surface area contributed by atoms with Gasteiger partial charge in [-0.15, -0.1) is 24.0 Å². The summed E-state index contributed by atoms with van der Waals surface area (Å²) in [5, 5.41) is 3.37.